The van der Waals surface area contributed by atoms with E-state index in [0.29, 0.717) is 19.4 Å². The van der Waals surface area contributed by atoms with Gasteiger partial charge in [0.25, 0.3) is 0 Å². The van der Waals surface area contributed by atoms with Crippen molar-refractivity contribution in [3.8, 4) is 0 Å². The molecule has 1 aromatic carbocycles. The first-order chi connectivity index (χ1) is 7.68. The van der Waals surface area contributed by atoms with Gasteiger partial charge in [0, 0.05) is 19.4 Å². The average molecular weight is 219 g/mol. The third-order valence-electron chi connectivity index (χ3n) is 2.28. The van der Waals surface area contributed by atoms with E-state index in [9.17, 15) is 9.59 Å². The van der Waals surface area contributed by atoms with Crippen LogP contribution in [0.2, 0.25) is 0 Å². The Morgan fingerprint density at radius 1 is 1.12 bits per heavy atom. The van der Waals surface area contributed by atoms with E-state index in [1.165, 1.54) is 6.92 Å². The maximum absolute atomic E-state index is 11.4. The Kier molecular flexibility index (Phi) is 5.26. The van der Waals surface area contributed by atoms with E-state index in [2.05, 4.69) is 5.32 Å². The van der Waals surface area contributed by atoms with Crippen molar-refractivity contribution < 1.29 is 9.59 Å². The largest absolute Gasteiger partial charge is 0.356 e. The van der Waals surface area contributed by atoms with Gasteiger partial charge in [0.05, 0.1) is 0 Å². The van der Waals surface area contributed by atoms with Crippen molar-refractivity contribution in [3.63, 3.8) is 0 Å². The van der Waals surface area contributed by atoms with Crippen molar-refractivity contribution in [1.29, 1.82) is 0 Å². The van der Waals surface area contributed by atoms with Crippen LogP contribution in [-0.2, 0) is 16.0 Å². The summed E-state index contributed by atoms with van der Waals surface area (Å²) in [6.45, 7) is 1.97. The minimum atomic E-state index is 0.00473. The lowest BCUT2D eigenvalue weighted by molar-refractivity contribution is -0.121. The van der Waals surface area contributed by atoms with E-state index in [4.69, 9.17) is 0 Å². The average Bonchev–Trinajstić information content (AvgIpc) is 2.27. The molecule has 0 aliphatic carbocycles. The van der Waals surface area contributed by atoms with Gasteiger partial charge in [-0.3, -0.25) is 9.59 Å². The van der Waals surface area contributed by atoms with Gasteiger partial charge in [-0.1, -0.05) is 30.3 Å². The second-order valence-corrected chi connectivity index (χ2v) is 3.79. The number of hydrogen-bond donors (Lipinski definition) is 1. The molecular formula is C13H17NO2. The third-order valence-corrected chi connectivity index (χ3v) is 2.28. The Bertz CT molecular complexity index is 346. The van der Waals surface area contributed by atoms with Gasteiger partial charge in [0.2, 0.25) is 5.91 Å². The Morgan fingerprint density at radius 2 is 1.81 bits per heavy atom. The van der Waals surface area contributed by atoms with Gasteiger partial charge in [-0.05, 0) is 18.9 Å². The molecule has 0 aliphatic heterocycles. The van der Waals surface area contributed by atoms with Gasteiger partial charge < -0.3 is 5.32 Å². The minimum absolute atomic E-state index is 0.00473. The van der Waals surface area contributed by atoms with Crippen LogP contribution in [-0.4, -0.2) is 18.2 Å². The Balaban J connectivity index is 2.18. The highest BCUT2D eigenvalue weighted by atomic mass is 16.1. The van der Waals surface area contributed by atoms with Crippen molar-refractivity contribution in [1.82, 2.24) is 5.32 Å². The maximum Gasteiger partial charge on any atom is 0.220 e. The van der Waals surface area contributed by atoms with E-state index in [0.717, 1.165) is 12.0 Å². The zero-order valence-electron chi connectivity index (χ0n) is 9.53. The molecule has 1 N–H and O–H groups in total. The lowest BCUT2D eigenvalue weighted by Gasteiger charge is -2.03. The molecule has 0 bridgehead atoms. The molecule has 3 nitrogen and oxygen atoms in total. The number of hydrogen-bond acceptors (Lipinski definition) is 2. The smallest absolute Gasteiger partial charge is 0.220 e. The Labute approximate surface area is 95.9 Å². The minimum Gasteiger partial charge on any atom is -0.356 e. The molecule has 0 aromatic heterocycles. The quantitative estimate of drug-likeness (QED) is 0.791. The molecule has 0 heterocycles. The molecule has 0 saturated heterocycles. The van der Waals surface area contributed by atoms with Gasteiger partial charge in [0.15, 0.2) is 0 Å². The van der Waals surface area contributed by atoms with E-state index in [1.807, 2.05) is 30.3 Å². The molecule has 1 aromatic rings. The number of rotatable bonds is 6. The number of nitrogens with one attached hydrogen (secondary N) is 1. The Morgan fingerprint density at radius 3 is 2.44 bits per heavy atom. The molecule has 0 radical (unpaired) electrons. The Hall–Kier alpha value is -1.64. The molecular weight excluding hydrogens is 202 g/mol. The summed E-state index contributed by atoms with van der Waals surface area (Å²) in [7, 11) is 0. The van der Waals surface area contributed by atoms with E-state index < -0.39 is 0 Å². The summed E-state index contributed by atoms with van der Waals surface area (Å²) in [6.07, 6.45) is 1.63. The first-order valence-electron chi connectivity index (χ1n) is 5.48. The number of ketones is 1. The summed E-state index contributed by atoms with van der Waals surface area (Å²) < 4.78 is 0. The van der Waals surface area contributed by atoms with Crippen molar-refractivity contribution in [2.24, 2.45) is 0 Å². The van der Waals surface area contributed by atoms with Crippen LogP contribution in [0.4, 0.5) is 0 Å². The molecule has 0 fully saturated rings. The lowest BCUT2D eigenvalue weighted by atomic mass is 10.1. The van der Waals surface area contributed by atoms with Crippen LogP contribution in [0, 0.1) is 0 Å². The molecule has 0 unspecified atom stereocenters. The molecule has 0 spiro atoms. The highest BCUT2D eigenvalue weighted by molar-refractivity contribution is 5.78. The number of benzene rings is 1. The molecule has 16 heavy (non-hydrogen) atoms. The monoisotopic (exact) mass is 219 g/mol. The van der Waals surface area contributed by atoms with E-state index in [-0.39, 0.29) is 11.7 Å². The number of carbonyl (C=O) groups excluding carboxylic acids is 2. The van der Waals surface area contributed by atoms with Crippen molar-refractivity contribution in [2.75, 3.05) is 6.54 Å². The third kappa shape index (κ3) is 5.29. The predicted molar refractivity (Wildman–Crippen MR) is 63.1 cm³/mol. The molecule has 0 atom stereocenters. The maximum atomic E-state index is 11.4. The van der Waals surface area contributed by atoms with Crippen LogP contribution in [0.3, 0.4) is 0 Å². The van der Waals surface area contributed by atoms with Gasteiger partial charge in [-0.15, -0.1) is 0 Å². The molecule has 0 aliphatic rings. The zero-order valence-corrected chi connectivity index (χ0v) is 9.53. The highest BCUT2D eigenvalue weighted by Gasteiger charge is 2.01. The number of Topliss-reactive ketones (excluding diaryl/α,β-unsaturated/α-hetero) is 1. The van der Waals surface area contributed by atoms with Crippen LogP contribution in [0.1, 0.15) is 25.3 Å². The fraction of sp³-hybridized carbons (Fsp3) is 0.385. The predicted octanol–water partition coefficient (Wildman–Crippen LogP) is 1.71. The summed E-state index contributed by atoms with van der Waals surface area (Å²) in [6, 6.07) is 9.88. The number of aryl methyl sites for hydroxylation is 1. The highest BCUT2D eigenvalue weighted by Crippen LogP contribution is 2.01. The number of amides is 1. The normalized spacial score (nSPS) is 9.81. The first kappa shape index (κ1) is 12.4. The van der Waals surface area contributed by atoms with Gasteiger partial charge in [-0.25, -0.2) is 0 Å². The van der Waals surface area contributed by atoms with Crippen LogP contribution < -0.4 is 5.32 Å². The fourth-order valence-corrected chi connectivity index (χ4v) is 1.37. The van der Waals surface area contributed by atoms with E-state index in [1.54, 1.807) is 0 Å². The summed E-state index contributed by atoms with van der Waals surface area (Å²) in [5.41, 5.74) is 1.16. The van der Waals surface area contributed by atoms with E-state index >= 15 is 0 Å². The molecule has 3 heteroatoms. The van der Waals surface area contributed by atoms with Crippen LogP contribution in [0.15, 0.2) is 30.3 Å². The standard InChI is InChI=1S/C13H17NO2/c1-11(15)9-10-14-13(16)8-7-12-5-3-2-4-6-12/h2-6H,7-10H2,1H3,(H,14,16). The second-order valence-electron chi connectivity index (χ2n) is 3.79. The molecule has 86 valence electrons. The second kappa shape index (κ2) is 6.77. The summed E-state index contributed by atoms with van der Waals surface area (Å²) in [4.78, 5) is 22.0. The van der Waals surface area contributed by atoms with Crippen LogP contribution in [0.5, 0.6) is 0 Å². The van der Waals surface area contributed by atoms with Crippen molar-refractivity contribution >= 4 is 11.7 Å². The molecule has 1 amide bonds. The SMILES string of the molecule is CC(=O)CCNC(=O)CCc1ccccc1. The fourth-order valence-electron chi connectivity index (χ4n) is 1.37. The van der Waals surface area contributed by atoms with Crippen LogP contribution in [0.25, 0.3) is 0 Å². The summed E-state index contributed by atoms with van der Waals surface area (Å²) in [5, 5.41) is 2.72. The lowest BCUT2D eigenvalue weighted by Crippen LogP contribution is -2.25. The van der Waals surface area contributed by atoms with Crippen molar-refractivity contribution in [2.45, 2.75) is 26.2 Å². The van der Waals surface area contributed by atoms with Gasteiger partial charge in [-0.2, -0.15) is 0 Å². The molecule has 0 saturated carbocycles. The molecule has 1 rings (SSSR count). The van der Waals surface area contributed by atoms with Crippen molar-refractivity contribution in [3.05, 3.63) is 35.9 Å². The topological polar surface area (TPSA) is 46.2 Å². The zero-order chi connectivity index (χ0) is 11.8. The van der Waals surface area contributed by atoms with Crippen LogP contribution >= 0.6 is 0 Å². The number of carbonyl (C=O) groups is 2. The van der Waals surface area contributed by atoms with Gasteiger partial charge in [0.1, 0.15) is 5.78 Å². The summed E-state index contributed by atoms with van der Waals surface area (Å²) in [5.74, 6) is 0.105. The summed E-state index contributed by atoms with van der Waals surface area (Å²) >= 11 is 0. The first-order valence-corrected chi connectivity index (χ1v) is 5.48. The van der Waals surface area contributed by atoms with Gasteiger partial charge >= 0.3 is 0 Å².